The highest BCUT2D eigenvalue weighted by Gasteiger charge is 2.31. The first-order valence-electron chi connectivity index (χ1n) is 10.4. The zero-order chi connectivity index (χ0) is 24.5. The van der Waals surface area contributed by atoms with E-state index in [1.54, 1.807) is 12.4 Å². The van der Waals surface area contributed by atoms with E-state index in [0.29, 0.717) is 26.2 Å². The molecule has 7 nitrogen and oxygen atoms in total. The van der Waals surface area contributed by atoms with Crippen LogP contribution in [0, 0.1) is 0 Å². The van der Waals surface area contributed by atoms with Gasteiger partial charge in [-0.2, -0.15) is 13.2 Å². The van der Waals surface area contributed by atoms with Crippen LogP contribution >= 0.6 is 0 Å². The van der Waals surface area contributed by atoms with Crippen molar-refractivity contribution in [2.75, 3.05) is 43.9 Å². The summed E-state index contributed by atoms with van der Waals surface area (Å²) in [6.07, 6.45) is -0.146. The van der Waals surface area contributed by atoms with Gasteiger partial charge in [0.2, 0.25) is 0 Å². The zero-order valence-corrected chi connectivity index (χ0v) is 19.1. The summed E-state index contributed by atoms with van der Waals surface area (Å²) in [5.74, 6) is -0.882. The highest BCUT2D eigenvalue weighted by atomic mass is 32.2. The molecule has 2 aromatic carbocycles. The van der Waals surface area contributed by atoms with E-state index in [9.17, 15) is 26.4 Å². The fourth-order valence-electron chi connectivity index (χ4n) is 3.80. The lowest BCUT2D eigenvalue weighted by atomic mass is 10.1. The maximum Gasteiger partial charge on any atom is 0.422 e. The van der Waals surface area contributed by atoms with Gasteiger partial charge >= 0.3 is 6.18 Å². The largest absolute Gasteiger partial charge is 0.483 e. The monoisotopic (exact) mass is 493 g/mol. The van der Waals surface area contributed by atoms with Gasteiger partial charge in [-0.3, -0.25) is 9.78 Å². The van der Waals surface area contributed by atoms with E-state index in [1.165, 1.54) is 4.90 Å². The topological polar surface area (TPSA) is 79.8 Å². The number of fused-ring (bicyclic) bond motifs is 1. The quantitative estimate of drug-likeness (QED) is 0.541. The Bertz CT molecular complexity index is 1320. The number of sulfone groups is 1. The second kappa shape index (κ2) is 9.13. The first-order chi connectivity index (χ1) is 16.0. The van der Waals surface area contributed by atoms with E-state index < -0.39 is 28.5 Å². The van der Waals surface area contributed by atoms with Crippen molar-refractivity contribution < 1.29 is 31.1 Å². The fourth-order valence-corrected chi connectivity index (χ4v) is 4.44. The summed E-state index contributed by atoms with van der Waals surface area (Å²) in [6, 6.07) is 11.2. The predicted molar refractivity (Wildman–Crippen MR) is 121 cm³/mol. The maximum absolute atomic E-state index is 13.2. The Kier molecular flexibility index (Phi) is 6.39. The summed E-state index contributed by atoms with van der Waals surface area (Å²) in [5.41, 5.74) is 0.776. The molecule has 0 bridgehead atoms. The lowest BCUT2D eigenvalue weighted by Crippen LogP contribution is -2.48. The Balaban J connectivity index is 1.53. The molecule has 0 aliphatic carbocycles. The number of carbonyl (C=O) groups is 1. The second-order valence-corrected chi connectivity index (χ2v) is 10.0. The average Bonchev–Trinajstić information content (AvgIpc) is 2.81. The number of alkyl halides is 3. The van der Waals surface area contributed by atoms with Crippen molar-refractivity contribution in [3.8, 4) is 5.75 Å². The molecule has 0 atom stereocenters. The van der Waals surface area contributed by atoms with Crippen LogP contribution in [0.1, 0.15) is 10.4 Å². The molecule has 3 aromatic rings. The van der Waals surface area contributed by atoms with E-state index in [1.807, 2.05) is 24.3 Å². The molecule has 34 heavy (non-hydrogen) atoms. The van der Waals surface area contributed by atoms with Crippen LogP contribution in [0.25, 0.3) is 10.8 Å². The predicted octanol–water partition coefficient (Wildman–Crippen LogP) is 3.54. The molecule has 0 N–H and O–H groups in total. The van der Waals surface area contributed by atoms with Gasteiger partial charge in [-0.05, 0) is 41.8 Å². The van der Waals surface area contributed by atoms with Gasteiger partial charge in [-0.25, -0.2) is 8.42 Å². The lowest BCUT2D eigenvalue weighted by Gasteiger charge is -2.36. The number of carbonyl (C=O) groups excluding carboxylic acids is 1. The molecule has 1 aromatic heterocycles. The molecule has 1 amide bonds. The number of rotatable bonds is 5. The molecule has 180 valence electrons. The first-order valence-corrected chi connectivity index (χ1v) is 12.3. The summed E-state index contributed by atoms with van der Waals surface area (Å²) in [6.45, 7) is 0.0561. The number of nitrogens with zero attached hydrogens (tertiary/aromatic N) is 3. The Labute approximate surface area is 194 Å². The van der Waals surface area contributed by atoms with Crippen molar-refractivity contribution in [2.45, 2.75) is 11.1 Å². The number of hydrogen-bond acceptors (Lipinski definition) is 6. The number of hydrogen-bond donors (Lipinski definition) is 0. The molecular weight excluding hydrogens is 471 g/mol. The van der Waals surface area contributed by atoms with E-state index in [4.69, 9.17) is 4.74 Å². The number of halogens is 3. The number of benzene rings is 2. The third-order valence-electron chi connectivity index (χ3n) is 5.56. The molecule has 1 saturated heterocycles. The highest BCUT2D eigenvalue weighted by molar-refractivity contribution is 7.90. The van der Waals surface area contributed by atoms with E-state index >= 15 is 0 Å². The third-order valence-corrected chi connectivity index (χ3v) is 6.67. The van der Waals surface area contributed by atoms with Crippen LogP contribution in [-0.2, 0) is 9.84 Å². The zero-order valence-electron chi connectivity index (χ0n) is 18.2. The molecule has 1 aliphatic rings. The normalized spacial score (nSPS) is 14.9. The number of aromatic nitrogens is 1. The number of anilines is 1. The van der Waals surface area contributed by atoms with Crippen molar-refractivity contribution in [2.24, 2.45) is 0 Å². The minimum atomic E-state index is -4.60. The van der Waals surface area contributed by atoms with Gasteiger partial charge < -0.3 is 14.5 Å². The Morgan fingerprint density at radius 3 is 2.44 bits per heavy atom. The van der Waals surface area contributed by atoms with Crippen molar-refractivity contribution >= 4 is 32.2 Å². The minimum absolute atomic E-state index is 0.167. The fraction of sp³-hybridized carbons (Fsp3) is 0.304. The third kappa shape index (κ3) is 5.41. The Hall–Kier alpha value is -3.34. The molecule has 0 saturated carbocycles. The van der Waals surface area contributed by atoms with Gasteiger partial charge in [-0.1, -0.05) is 6.07 Å². The maximum atomic E-state index is 13.2. The van der Waals surface area contributed by atoms with Gasteiger partial charge in [0.15, 0.2) is 16.4 Å². The molecule has 0 radical (unpaired) electrons. The highest BCUT2D eigenvalue weighted by Crippen LogP contribution is 2.28. The molecule has 2 heterocycles. The number of ether oxygens (including phenoxy) is 1. The summed E-state index contributed by atoms with van der Waals surface area (Å²) >= 11 is 0. The average molecular weight is 494 g/mol. The summed E-state index contributed by atoms with van der Waals surface area (Å²) < 4.78 is 66.7. The van der Waals surface area contributed by atoms with Gasteiger partial charge in [-0.15, -0.1) is 0 Å². The van der Waals surface area contributed by atoms with Crippen LogP contribution in [0.2, 0.25) is 0 Å². The molecule has 0 unspecified atom stereocenters. The smallest absolute Gasteiger partial charge is 0.422 e. The van der Waals surface area contributed by atoms with Crippen LogP contribution in [0.15, 0.2) is 59.8 Å². The summed E-state index contributed by atoms with van der Waals surface area (Å²) in [7, 11) is -3.67. The summed E-state index contributed by atoms with van der Waals surface area (Å²) in [5, 5.41) is 2.05. The summed E-state index contributed by atoms with van der Waals surface area (Å²) in [4.78, 5) is 20.7. The molecule has 1 fully saturated rings. The van der Waals surface area contributed by atoms with Crippen LogP contribution in [-0.4, -0.2) is 69.4 Å². The second-order valence-electron chi connectivity index (χ2n) is 8.02. The number of amides is 1. The molecular formula is C23H22F3N3O4S. The van der Waals surface area contributed by atoms with E-state index in [2.05, 4.69) is 9.88 Å². The van der Waals surface area contributed by atoms with Crippen LogP contribution in [0.3, 0.4) is 0 Å². The standard InChI is InChI=1S/C23H22F3N3O4S/c1-34(31,32)19-4-5-21(33-15-23(24,25)26)20(13-19)22(30)29-10-8-28(9-11-29)18-3-2-17-14-27-7-6-16(17)12-18/h2-7,12-14H,8-11,15H2,1H3. The van der Waals surface area contributed by atoms with Crippen molar-refractivity contribution in [1.29, 1.82) is 0 Å². The van der Waals surface area contributed by atoms with Crippen molar-refractivity contribution in [3.63, 3.8) is 0 Å². The number of pyridine rings is 1. The SMILES string of the molecule is CS(=O)(=O)c1ccc(OCC(F)(F)F)c(C(=O)N2CCN(c3ccc4cnccc4c3)CC2)c1. The Morgan fingerprint density at radius 1 is 1.03 bits per heavy atom. The van der Waals surface area contributed by atoms with Crippen molar-refractivity contribution in [3.05, 3.63) is 60.4 Å². The molecule has 0 spiro atoms. The van der Waals surface area contributed by atoms with Crippen molar-refractivity contribution in [1.82, 2.24) is 9.88 Å². The van der Waals surface area contributed by atoms with Crippen LogP contribution in [0.4, 0.5) is 18.9 Å². The molecule has 1 aliphatic heterocycles. The number of piperazine rings is 1. The first kappa shape index (κ1) is 23.8. The van der Waals surface area contributed by atoms with Gasteiger partial charge in [0.25, 0.3) is 5.91 Å². The Morgan fingerprint density at radius 2 is 1.76 bits per heavy atom. The molecule has 11 heteroatoms. The minimum Gasteiger partial charge on any atom is -0.483 e. The van der Waals surface area contributed by atoms with Gasteiger partial charge in [0.1, 0.15) is 5.75 Å². The van der Waals surface area contributed by atoms with E-state index in [0.717, 1.165) is 40.9 Å². The van der Waals surface area contributed by atoms with Gasteiger partial charge in [0.05, 0.1) is 10.5 Å². The van der Waals surface area contributed by atoms with Crippen LogP contribution < -0.4 is 9.64 Å². The lowest BCUT2D eigenvalue weighted by molar-refractivity contribution is -0.153. The van der Waals surface area contributed by atoms with E-state index in [-0.39, 0.29) is 16.2 Å². The van der Waals surface area contributed by atoms with Gasteiger partial charge in [0, 0.05) is 55.9 Å². The molecule has 4 rings (SSSR count). The van der Waals surface area contributed by atoms with Crippen LogP contribution in [0.5, 0.6) is 5.75 Å².